The van der Waals surface area contributed by atoms with E-state index in [0.29, 0.717) is 27.5 Å². The van der Waals surface area contributed by atoms with Gasteiger partial charge in [0.15, 0.2) is 11.4 Å². The van der Waals surface area contributed by atoms with Crippen LogP contribution in [0.2, 0.25) is 0 Å². The van der Waals surface area contributed by atoms with Crippen LogP contribution < -0.4 is 5.73 Å². The number of aromatic nitrogens is 3. The van der Waals surface area contributed by atoms with Crippen LogP contribution >= 0.6 is 0 Å². The summed E-state index contributed by atoms with van der Waals surface area (Å²) in [5.41, 5.74) is 7.02. The van der Waals surface area contributed by atoms with Gasteiger partial charge in [0.05, 0.1) is 12.6 Å². The third-order valence-electron chi connectivity index (χ3n) is 3.52. The van der Waals surface area contributed by atoms with Gasteiger partial charge in [-0.2, -0.15) is 0 Å². The van der Waals surface area contributed by atoms with E-state index in [-0.39, 0.29) is 11.4 Å². The molecule has 0 fully saturated rings. The number of benzene rings is 1. The Morgan fingerprint density at radius 1 is 1.27 bits per heavy atom. The quantitative estimate of drug-likeness (QED) is 0.538. The first-order chi connectivity index (χ1) is 10.5. The number of nitrogens with zero attached hydrogens (tertiary/aromatic N) is 3. The van der Waals surface area contributed by atoms with Gasteiger partial charge in [0.1, 0.15) is 0 Å². The molecule has 0 radical (unpaired) electrons. The molecule has 22 heavy (non-hydrogen) atoms. The van der Waals surface area contributed by atoms with Crippen molar-refractivity contribution in [2.75, 3.05) is 12.8 Å². The molecule has 0 aliphatic rings. The average Bonchev–Trinajstić information content (AvgIpc) is 2.79. The van der Waals surface area contributed by atoms with Gasteiger partial charge in [-0.05, 0) is 18.2 Å². The SMILES string of the molecule is COC(=O)c1nnc(C(=O)O)c2c1c1cc(N)ccc1n2C. The molecule has 8 heteroatoms. The van der Waals surface area contributed by atoms with Crippen LogP contribution in [-0.2, 0) is 11.8 Å². The molecular formula is C14H12N4O4. The minimum absolute atomic E-state index is 0.0429. The first kappa shape index (κ1) is 13.8. The van der Waals surface area contributed by atoms with Crippen LogP contribution in [0.15, 0.2) is 18.2 Å². The summed E-state index contributed by atoms with van der Waals surface area (Å²) in [5, 5.41) is 17.7. The van der Waals surface area contributed by atoms with E-state index >= 15 is 0 Å². The summed E-state index contributed by atoms with van der Waals surface area (Å²) in [7, 11) is 2.91. The van der Waals surface area contributed by atoms with Crippen LogP contribution in [0.25, 0.3) is 21.8 Å². The van der Waals surface area contributed by atoms with Crippen molar-refractivity contribution in [2.45, 2.75) is 0 Å². The molecule has 1 aromatic carbocycles. The average molecular weight is 300 g/mol. The second-order valence-corrected chi connectivity index (χ2v) is 4.75. The van der Waals surface area contributed by atoms with Gasteiger partial charge in [-0.1, -0.05) is 0 Å². The zero-order valence-corrected chi connectivity index (χ0v) is 11.8. The van der Waals surface area contributed by atoms with E-state index in [0.717, 1.165) is 0 Å². The van der Waals surface area contributed by atoms with Crippen molar-refractivity contribution in [1.29, 1.82) is 0 Å². The summed E-state index contributed by atoms with van der Waals surface area (Å²) in [6, 6.07) is 5.11. The molecule has 0 amide bonds. The number of esters is 1. The highest BCUT2D eigenvalue weighted by Gasteiger charge is 2.25. The second kappa shape index (κ2) is 4.69. The molecular weight excluding hydrogens is 288 g/mol. The van der Waals surface area contributed by atoms with Gasteiger partial charge in [-0.3, -0.25) is 0 Å². The Kier molecular flexibility index (Phi) is 2.94. The van der Waals surface area contributed by atoms with Crippen LogP contribution in [0.1, 0.15) is 21.0 Å². The molecule has 112 valence electrons. The van der Waals surface area contributed by atoms with Gasteiger partial charge in [0.25, 0.3) is 0 Å². The molecule has 0 saturated heterocycles. The van der Waals surface area contributed by atoms with Crippen molar-refractivity contribution in [2.24, 2.45) is 7.05 Å². The molecule has 0 bridgehead atoms. The minimum atomic E-state index is -1.23. The number of rotatable bonds is 2. The lowest BCUT2D eigenvalue weighted by Crippen LogP contribution is -2.12. The van der Waals surface area contributed by atoms with E-state index in [4.69, 9.17) is 10.5 Å². The van der Waals surface area contributed by atoms with Gasteiger partial charge in [-0.25, -0.2) is 9.59 Å². The Hall–Kier alpha value is -3.16. The number of carbonyl (C=O) groups excluding carboxylic acids is 1. The number of ether oxygens (including phenoxy) is 1. The lowest BCUT2D eigenvalue weighted by atomic mass is 10.1. The molecule has 0 atom stereocenters. The van der Waals surface area contributed by atoms with Gasteiger partial charge in [-0.15, -0.1) is 10.2 Å². The van der Waals surface area contributed by atoms with Crippen molar-refractivity contribution in [1.82, 2.24) is 14.8 Å². The summed E-state index contributed by atoms with van der Waals surface area (Å²) >= 11 is 0. The van der Waals surface area contributed by atoms with E-state index in [2.05, 4.69) is 10.2 Å². The number of nitrogen functional groups attached to an aromatic ring is 1. The van der Waals surface area contributed by atoms with Crippen molar-refractivity contribution >= 4 is 39.4 Å². The van der Waals surface area contributed by atoms with Crippen molar-refractivity contribution in [3.8, 4) is 0 Å². The van der Waals surface area contributed by atoms with Crippen LogP contribution in [-0.4, -0.2) is 38.9 Å². The number of carbonyl (C=O) groups is 2. The fraction of sp³-hybridized carbons (Fsp3) is 0.143. The Bertz CT molecular complexity index is 945. The fourth-order valence-electron chi connectivity index (χ4n) is 2.56. The van der Waals surface area contributed by atoms with E-state index in [1.807, 2.05) is 0 Å². The molecule has 2 aromatic heterocycles. The number of aromatic carboxylic acids is 1. The van der Waals surface area contributed by atoms with Crippen molar-refractivity contribution in [3.63, 3.8) is 0 Å². The third kappa shape index (κ3) is 1.77. The smallest absolute Gasteiger partial charge is 0.359 e. The number of aryl methyl sites for hydroxylation is 1. The van der Waals surface area contributed by atoms with E-state index in [9.17, 15) is 14.7 Å². The first-order valence-corrected chi connectivity index (χ1v) is 6.31. The number of hydrogen-bond acceptors (Lipinski definition) is 6. The Labute approximate surface area is 124 Å². The highest BCUT2D eigenvalue weighted by atomic mass is 16.5. The topological polar surface area (TPSA) is 120 Å². The summed E-state index contributed by atoms with van der Waals surface area (Å²) < 4.78 is 6.35. The number of hydrogen-bond donors (Lipinski definition) is 2. The molecule has 0 saturated carbocycles. The first-order valence-electron chi connectivity index (χ1n) is 6.31. The van der Waals surface area contributed by atoms with E-state index in [1.54, 1.807) is 29.8 Å². The number of carboxylic acids is 1. The predicted molar refractivity (Wildman–Crippen MR) is 78.7 cm³/mol. The summed E-state index contributed by atoms with van der Waals surface area (Å²) in [6.45, 7) is 0. The molecule has 8 nitrogen and oxygen atoms in total. The summed E-state index contributed by atoms with van der Waals surface area (Å²) in [4.78, 5) is 23.3. The lowest BCUT2D eigenvalue weighted by molar-refractivity contribution is 0.0592. The van der Waals surface area contributed by atoms with Crippen LogP contribution in [0.5, 0.6) is 0 Å². The molecule has 3 aromatic rings. The Morgan fingerprint density at radius 3 is 2.59 bits per heavy atom. The van der Waals surface area contributed by atoms with E-state index in [1.165, 1.54) is 7.11 Å². The zero-order valence-electron chi connectivity index (χ0n) is 11.8. The Morgan fingerprint density at radius 2 is 1.95 bits per heavy atom. The number of anilines is 1. The summed E-state index contributed by atoms with van der Waals surface area (Å²) in [6.07, 6.45) is 0. The number of nitrogens with two attached hydrogens (primary N) is 1. The maximum absolute atomic E-state index is 11.9. The molecule has 3 N–H and O–H groups in total. The second-order valence-electron chi connectivity index (χ2n) is 4.75. The van der Waals surface area contributed by atoms with Crippen molar-refractivity contribution in [3.05, 3.63) is 29.6 Å². The molecule has 2 heterocycles. The maximum Gasteiger partial charge on any atom is 0.359 e. The maximum atomic E-state index is 11.9. The highest BCUT2D eigenvalue weighted by molar-refractivity contribution is 6.19. The summed E-state index contributed by atoms with van der Waals surface area (Å²) in [5.74, 6) is -1.92. The lowest BCUT2D eigenvalue weighted by Gasteiger charge is -2.04. The number of carboxylic acid groups (broad SMARTS) is 1. The molecule has 3 rings (SSSR count). The normalized spacial score (nSPS) is 11.0. The van der Waals surface area contributed by atoms with Crippen LogP contribution in [0, 0.1) is 0 Å². The van der Waals surface area contributed by atoms with Crippen LogP contribution in [0.3, 0.4) is 0 Å². The van der Waals surface area contributed by atoms with Gasteiger partial charge in [0, 0.05) is 29.0 Å². The van der Waals surface area contributed by atoms with E-state index < -0.39 is 11.9 Å². The van der Waals surface area contributed by atoms with Crippen LogP contribution in [0.4, 0.5) is 5.69 Å². The molecule has 0 aliphatic heterocycles. The monoisotopic (exact) mass is 300 g/mol. The highest BCUT2D eigenvalue weighted by Crippen LogP contribution is 2.32. The molecule has 0 spiro atoms. The standard InChI is InChI=1S/C14H12N4O4/c1-18-8-4-3-6(15)5-7(8)9-10(14(21)22-2)16-17-11(12(9)18)13(19)20/h3-5H,15H2,1-2H3,(H,19,20). The number of fused-ring (bicyclic) bond motifs is 3. The Balaban J connectivity index is 2.60. The fourth-order valence-corrected chi connectivity index (χ4v) is 2.56. The molecule has 0 aliphatic carbocycles. The van der Waals surface area contributed by atoms with Gasteiger partial charge in [0.2, 0.25) is 0 Å². The minimum Gasteiger partial charge on any atom is -0.476 e. The number of methoxy groups -OCH3 is 1. The predicted octanol–water partition coefficient (Wildman–Crippen LogP) is 1.19. The van der Waals surface area contributed by atoms with Gasteiger partial charge >= 0.3 is 11.9 Å². The van der Waals surface area contributed by atoms with Crippen molar-refractivity contribution < 1.29 is 19.4 Å². The van der Waals surface area contributed by atoms with Gasteiger partial charge < -0.3 is 20.1 Å². The molecule has 0 unspecified atom stereocenters. The largest absolute Gasteiger partial charge is 0.476 e. The zero-order chi connectivity index (χ0) is 16.0. The third-order valence-corrected chi connectivity index (χ3v) is 3.52.